The number of hydrogen-bond donors (Lipinski definition) is 3. The van der Waals surface area contributed by atoms with Gasteiger partial charge in [0.2, 0.25) is 12.2 Å². The number of nitrogens with one attached hydrogen (secondary N) is 1. The highest BCUT2D eigenvalue weighted by Crippen LogP contribution is 2.33. The molecule has 2 amide bonds. The van der Waals surface area contributed by atoms with Crippen LogP contribution in [0.3, 0.4) is 0 Å². The molecule has 0 aromatic carbocycles. The van der Waals surface area contributed by atoms with E-state index in [1.54, 1.807) is 19.2 Å². The van der Waals surface area contributed by atoms with E-state index in [4.69, 9.17) is 4.74 Å². The van der Waals surface area contributed by atoms with Crippen molar-refractivity contribution >= 4 is 12.3 Å². The van der Waals surface area contributed by atoms with E-state index in [-0.39, 0.29) is 25.5 Å². The Bertz CT molecular complexity index is 405. The standard InChI is InChI=1S/C14H25FN2O5/c1-10(7-18)14(2,8-19)5-12(22-4)17(3)6-11(15)13(21)16-9-20/h6,9-10,12,18-19H,5,7-8H2,1-4H3,(H,16,20,21)/b11-6+/t10?,12?,14-/m0/s1. The predicted octanol–water partition coefficient (Wildman–Crippen LogP) is -0.00870. The number of hydrogen-bond acceptors (Lipinski definition) is 6. The first-order chi connectivity index (χ1) is 10.2. The van der Waals surface area contributed by atoms with Crippen molar-refractivity contribution in [1.82, 2.24) is 10.2 Å². The predicted molar refractivity (Wildman–Crippen MR) is 78.0 cm³/mol. The molecule has 0 bridgehead atoms. The zero-order valence-corrected chi connectivity index (χ0v) is 13.4. The third-order valence-corrected chi connectivity index (χ3v) is 3.92. The van der Waals surface area contributed by atoms with Crippen LogP contribution in [0.2, 0.25) is 0 Å². The Balaban J connectivity index is 5.06. The summed E-state index contributed by atoms with van der Waals surface area (Å²) in [5, 5.41) is 20.5. The van der Waals surface area contributed by atoms with E-state index in [2.05, 4.69) is 0 Å². The summed E-state index contributed by atoms with van der Waals surface area (Å²) < 4.78 is 18.8. The van der Waals surface area contributed by atoms with Gasteiger partial charge in [-0.05, 0) is 11.3 Å². The summed E-state index contributed by atoms with van der Waals surface area (Å²) >= 11 is 0. The van der Waals surface area contributed by atoms with Gasteiger partial charge in [0.15, 0.2) is 0 Å². The molecular formula is C14H25FN2O5. The molecule has 0 fully saturated rings. The van der Waals surface area contributed by atoms with Gasteiger partial charge in [0.25, 0.3) is 5.91 Å². The van der Waals surface area contributed by atoms with Gasteiger partial charge in [0.1, 0.15) is 6.23 Å². The summed E-state index contributed by atoms with van der Waals surface area (Å²) in [6.45, 7) is 3.28. The fourth-order valence-electron chi connectivity index (χ4n) is 1.88. The molecule has 7 nitrogen and oxygen atoms in total. The van der Waals surface area contributed by atoms with Gasteiger partial charge in [-0.15, -0.1) is 0 Å². The smallest absolute Gasteiger partial charge is 0.287 e. The maximum Gasteiger partial charge on any atom is 0.287 e. The Morgan fingerprint density at radius 2 is 2.09 bits per heavy atom. The van der Waals surface area contributed by atoms with Gasteiger partial charge in [0.05, 0.1) is 0 Å². The summed E-state index contributed by atoms with van der Waals surface area (Å²) in [5.74, 6) is -2.49. The highest BCUT2D eigenvalue weighted by molar-refractivity contribution is 5.97. The van der Waals surface area contributed by atoms with Crippen molar-refractivity contribution in [3.8, 4) is 0 Å². The number of rotatable bonds is 10. The fourth-order valence-corrected chi connectivity index (χ4v) is 1.88. The molecule has 3 N–H and O–H groups in total. The van der Waals surface area contributed by atoms with Crippen molar-refractivity contribution in [3.05, 3.63) is 12.0 Å². The molecule has 0 heterocycles. The number of imide groups is 1. The number of aliphatic hydroxyl groups excluding tert-OH is 2. The number of carbonyl (C=O) groups is 2. The maximum atomic E-state index is 13.6. The molecule has 0 aliphatic heterocycles. The summed E-state index contributed by atoms with van der Waals surface area (Å²) in [4.78, 5) is 22.6. The second-order valence-electron chi connectivity index (χ2n) is 5.52. The lowest BCUT2D eigenvalue weighted by atomic mass is 9.76. The second kappa shape index (κ2) is 9.50. The van der Waals surface area contributed by atoms with Gasteiger partial charge >= 0.3 is 0 Å². The van der Waals surface area contributed by atoms with Crippen molar-refractivity contribution in [3.63, 3.8) is 0 Å². The molecule has 22 heavy (non-hydrogen) atoms. The van der Waals surface area contributed by atoms with Crippen LogP contribution < -0.4 is 5.32 Å². The molecular weight excluding hydrogens is 295 g/mol. The Morgan fingerprint density at radius 3 is 2.50 bits per heavy atom. The highest BCUT2D eigenvalue weighted by Gasteiger charge is 2.34. The zero-order valence-electron chi connectivity index (χ0n) is 13.4. The van der Waals surface area contributed by atoms with Crippen LogP contribution in [0.5, 0.6) is 0 Å². The van der Waals surface area contributed by atoms with E-state index in [0.29, 0.717) is 6.42 Å². The van der Waals surface area contributed by atoms with Gasteiger partial charge in [0, 0.05) is 40.0 Å². The number of amides is 2. The molecule has 2 unspecified atom stereocenters. The molecule has 0 saturated carbocycles. The van der Waals surface area contributed by atoms with Crippen LogP contribution in [-0.4, -0.2) is 61.0 Å². The molecule has 0 rings (SSSR count). The van der Waals surface area contributed by atoms with E-state index < -0.39 is 23.4 Å². The minimum Gasteiger partial charge on any atom is -0.396 e. The average molecular weight is 320 g/mol. The monoisotopic (exact) mass is 320 g/mol. The lowest BCUT2D eigenvalue weighted by molar-refractivity contribution is -0.123. The second-order valence-corrected chi connectivity index (χ2v) is 5.52. The lowest BCUT2D eigenvalue weighted by Crippen LogP contribution is -2.41. The number of carbonyl (C=O) groups excluding carboxylic acids is 2. The van der Waals surface area contributed by atoms with E-state index in [1.807, 2.05) is 0 Å². The average Bonchev–Trinajstić information content (AvgIpc) is 2.51. The Labute approximate surface area is 129 Å². The van der Waals surface area contributed by atoms with Crippen molar-refractivity contribution in [2.45, 2.75) is 26.5 Å². The number of ether oxygens (including phenoxy) is 1. The minimum atomic E-state index is -1.15. The third kappa shape index (κ3) is 5.70. The molecule has 0 aromatic rings. The van der Waals surface area contributed by atoms with Gasteiger partial charge in [-0.3, -0.25) is 14.9 Å². The zero-order chi connectivity index (χ0) is 17.3. The van der Waals surface area contributed by atoms with Gasteiger partial charge in [-0.1, -0.05) is 13.8 Å². The first-order valence-corrected chi connectivity index (χ1v) is 6.84. The molecule has 128 valence electrons. The first-order valence-electron chi connectivity index (χ1n) is 6.84. The van der Waals surface area contributed by atoms with Crippen LogP contribution in [0.4, 0.5) is 4.39 Å². The topological polar surface area (TPSA) is 99.1 Å². The summed E-state index contributed by atoms with van der Waals surface area (Å²) in [6, 6.07) is 0. The van der Waals surface area contributed by atoms with Crippen molar-refractivity contribution in [2.24, 2.45) is 11.3 Å². The molecule has 8 heteroatoms. The van der Waals surface area contributed by atoms with Crippen LogP contribution in [0, 0.1) is 11.3 Å². The summed E-state index contributed by atoms with van der Waals surface area (Å²) in [7, 11) is 2.92. The van der Waals surface area contributed by atoms with Crippen molar-refractivity contribution in [1.29, 1.82) is 0 Å². The lowest BCUT2D eigenvalue weighted by Gasteiger charge is -2.38. The molecule has 0 saturated heterocycles. The fraction of sp³-hybridized carbons (Fsp3) is 0.714. The number of aliphatic hydroxyl groups is 2. The molecule has 0 radical (unpaired) electrons. The van der Waals surface area contributed by atoms with Crippen LogP contribution >= 0.6 is 0 Å². The molecule has 0 aromatic heterocycles. The minimum absolute atomic E-state index is 0.0926. The molecule has 0 aliphatic rings. The number of halogens is 1. The Morgan fingerprint density at radius 1 is 1.50 bits per heavy atom. The Hall–Kier alpha value is -1.51. The normalized spacial score (nSPS) is 17.3. The summed E-state index contributed by atoms with van der Waals surface area (Å²) in [5.41, 5.74) is -0.640. The van der Waals surface area contributed by atoms with Gasteiger partial charge in [-0.2, -0.15) is 4.39 Å². The number of methoxy groups -OCH3 is 1. The highest BCUT2D eigenvalue weighted by atomic mass is 19.1. The van der Waals surface area contributed by atoms with Crippen LogP contribution in [-0.2, 0) is 14.3 Å². The van der Waals surface area contributed by atoms with Crippen LogP contribution in [0.15, 0.2) is 12.0 Å². The van der Waals surface area contributed by atoms with Crippen LogP contribution in [0.1, 0.15) is 20.3 Å². The SMILES string of the molecule is COC(C[C@@](C)(CO)C(C)CO)N(C)/C=C(/F)C(=O)NC=O. The first kappa shape index (κ1) is 20.5. The van der Waals surface area contributed by atoms with Gasteiger partial charge < -0.3 is 19.8 Å². The Kier molecular flexibility index (Phi) is 8.84. The molecule has 0 aliphatic carbocycles. The third-order valence-electron chi connectivity index (χ3n) is 3.92. The summed E-state index contributed by atoms with van der Waals surface area (Å²) in [6.07, 6.45) is 0.682. The molecule has 0 spiro atoms. The molecule has 3 atom stereocenters. The van der Waals surface area contributed by atoms with Gasteiger partial charge in [-0.25, -0.2) is 0 Å². The maximum absolute atomic E-state index is 13.6. The van der Waals surface area contributed by atoms with Crippen LogP contribution in [0.25, 0.3) is 0 Å². The van der Waals surface area contributed by atoms with Crippen molar-refractivity contribution in [2.75, 3.05) is 27.4 Å². The van der Waals surface area contributed by atoms with E-state index >= 15 is 0 Å². The number of nitrogens with zero attached hydrogens (tertiary/aromatic N) is 1. The van der Waals surface area contributed by atoms with Crippen molar-refractivity contribution < 1.29 is 28.9 Å². The van der Waals surface area contributed by atoms with E-state index in [9.17, 15) is 24.2 Å². The van der Waals surface area contributed by atoms with E-state index in [0.717, 1.165) is 6.20 Å². The quantitative estimate of drug-likeness (QED) is 0.297. The largest absolute Gasteiger partial charge is 0.396 e. The van der Waals surface area contributed by atoms with E-state index in [1.165, 1.54) is 19.1 Å².